The number of carbonyl (C=O) groups is 2. The fourth-order valence-electron chi connectivity index (χ4n) is 3.89. The van der Waals surface area contributed by atoms with Crippen LogP contribution in [0.25, 0.3) is 5.76 Å². The van der Waals surface area contributed by atoms with Gasteiger partial charge in [-0.3, -0.25) is 19.5 Å². The highest BCUT2D eigenvalue weighted by Crippen LogP contribution is 2.42. The minimum absolute atomic E-state index is 0.0358. The van der Waals surface area contributed by atoms with Crippen molar-refractivity contribution in [1.82, 2.24) is 4.98 Å². The van der Waals surface area contributed by atoms with E-state index in [1.165, 1.54) is 17.3 Å². The average molecular weight is 443 g/mol. The first-order chi connectivity index (χ1) is 15.9. The number of rotatable bonds is 6. The number of ketones is 1. The van der Waals surface area contributed by atoms with Crippen molar-refractivity contribution in [3.05, 3.63) is 95.3 Å². The summed E-state index contributed by atoms with van der Waals surface area (Å²) in [6, 6.07) is 17.1. The van der Waals surface area contributed by atoms with E-state index in [2.05, 4.69) is 18.8 Å². The molecule has 2 heterocycles. The first kappa shape index (κ1) is 22.3. The predicted octanol–water partition coefficient (Wildman–Crippen LogP) is 5.05. The molecule has 6 heteroatoms. The Kier molecular flexibility index (Phi) is 6.27. The molecule has 1 unspecified atom stereocenters. The van der Waals surface area contributed by atoms with Crippen molar-refractivity contribution in [3.8, 4) is 5.75 Å². The number of carbonyl (C=O) groups excluding carboxylic acids is 2. The SMILES string of the molecule is Cc1cccc(N2C(=O)C(=O)/C(=C(/O)c3ccncc3)C2c2cccc(OCC(C)C)c2)c1. The predicted molar refractivity (Wildman–Crippen MR) is 127 cm³/mol. The summed E-state index contributed by atoms with van der Waals surface area (Å²) in [5.41, 5.74) is 2.67. The van der Waals surface area contributed by atoms with Gasteiger partial charge in [-0.25, -0.2) is 0 Å². The third-order valence-corrected chi connectivity index (χ3v) is 5.44. The summed E-state index contributed by atoms with van der Waals surface area (Å²) in [5.74, 6) is -0.665. The summed E-state index contributed by atoms with van der Waals surface area (Å²) in [5, 5.41) is 11.1. The number of Topliss-reactive ketones (excluding diaryl/α,β-unsaturated/α-hetero) is 1. The van der Waals surface area contributed by atoms with Crippen LogP contribution in [0.1, 0.15) is 36.6 Å². The van der Waals surface area contributed by atoms with E-state index in [4.69, 9.17) is 4.74 Å². The Hall–Kier alpha value is -3.93. The number of hydrogen-bond acceptors (Lipinski definition) is 5. The Morgan fingerprint density at radius 2 is 1.79 bits per heavy atom. The van der Waals surface area contributed by atoms with E-state index in [-0.39, 0.29) is 11.3 Å². The van der Waals surface area contributed by atoms with Crippen LogP contribution in [0.2, 0.25) is 0 Å². The number of pyridine rings is 1. The van der Waals surface area contributed by atoms with Crippen LogP contribution in [0.5, 0.6) is 5.75 Å². The first-order valence-corrected chi connectivity index (χ1v) is 10.9. The highest BCUT2D eigenvalue weighted by atomic mass is 16.5. The second kappa shape index (κ2) is 9.28. The fourth-order valence-corrected chi connectivity index (χ4v) is 3.89. The van der Waals surface area contributed by atoms with Gasteiger partial charge in [-0.2, -0.15) is 0 Å². The van der Waals surface area contributed by atoms with Gasteiger partial charge in [-0.15, -0.1) is 0 Å². The van der Waals surface area contributed by atoms with E-state index >= 15 is 0 Å². The summed E-state index contributed by atoms with van der Waals surface area (Å²) in [7, 11) is 0. The molecule has 0 aliphatic carbocycles. The molecule has 168 valence electrons. The zero-order valence-electron chi connectivity index (χ0n) is 18.9. The van der Waals surface area contributed by atoms with Crippen molar-refractivity contribution in [2.75, 3.05) is 11.5 Å². The molecule has 0 spiro atoms. The third kappa shape index (κ3) is 4.51. The minimum Gasteiger partial charge on any atom is -0.507 e. The number of ether oxygens (including phenoxy) is 1. The number of amides is 1. The molecule has 0 radical (unpaired) electrons. The molecular formula is C27H26N2O4. The lowest BCUT2D eigenvalue weighted by Gasteiger charge is -2.26. The monoisotopic (exact) mass is 442 g/mol. The van der Waals surface area contributed by atoms with Crippen molar-refractivity contribution in [1.29, 1.82) is 0 Å². The summed E-state index contributed by atoms with van der Waals surface area (Å²) in [6.45, 7) is 6.58. The Bertz CT molecular complexity index is 1220. The molecule has 1 N–H and O–H groups in total. The Morgan fingerprint density at radius 1 is 1.06 bits per heavy atom. The molecule has 0 saturated carbocycles. The van der Waals surface area contributed by atoms with E-state index in [0.29, 0.717) is 35.1 Å². The van der Waals surface area contributed by atoms with Crippen molar-refractivity contribution >= 4 is 23.1 Å². The Balaban J connectivity index is 1.89. The molecule has 3 aromatic rings. The lowest BCUT2D eigenvalue weighted by atomic mass is 9.95. The van der Waals surface area contributed by atoms with Gasteiger partial charge in [0.2, 0.25) is 0 Å². The van der Waals surface area contributed by atoms with Crippen molar-refractivity contribution in [3.63, 3.8) is 0 Å². The molecule has 1 aliphatic rings. The number of hydrogen-bond donors (Lipinski definition) is 1. The summed E-state index contributed by atoms with van der Waals surface area (Å²) < 4.78 is 5.89. The van der Waals surface area contributed by atoms with Crippen LogP contribution >= 0.6 is 0 Å². The maximum atomic E-state index is 13.2. The summed E-state index contributed by atoms with van der Waals surface area (Å²) in [4.78, 5) is 31.9. The molecule has 1 aromatic heterocycles. The normalized spacial score (nSPS) is 17.6. The summed E-state index contributed by atoms with van der Waals surface area (Å²) >= 11 is 0. The molecule has 0 bridgehead atoms. The molecule has 1 aliphatic heterocycles. The van der Waals surface area contributed by atoms with Gasteiger partial charge in [0.1, 0.15) is 11.5 Å². The molecule has 2 aromatic carbocycles. The molecule has 1 fully saturated rings. The molecule has 1 atom stereocenters. The van der Waals surface area contributed by atoms with Crippen molar-refractivity contribution < 1.29 is 19.4 Å². The third-order valence-electron chi connectivity index (χ3n) is 5.44. The fraction of sp³-hybridized carbons (Fsp3) is 0.222. The van der Waals surface area contributed by atoms with Crippen LogP contribution in [-0.4, -0.2) is 28.4 Å². The van der Waals surface area contributed by atoms with Crippen LogP contribution in [0.15, 0.2) is 78.6 Å². The second-order valence-corrected chi connectivity index (χ2v) is 8.52. The standard InChI is InChI=1S/C27H26N2O4/c1-17(2)16-33-22-9-5-7-20(15-22)24-23(25(30)19-10-12-28-13-11-19)26(31)27(32)29(24)21-8-4-6-18(3)14-21/h4-15,17,24,30H,16H2,1-3H3/b25-23+. The van der Waals surface area contributed by atoms with Crippen LogP contribution in [0, 0.1) is 12.8 Å². The number of anilines is 1. The van der Waals surface area contributed by atoms with Crippen LogP contribution in [0.4, 0.5) is 5.69 Å². The topological polar surface area (TPSA) is 79.7 Å². The average Bonchev–Trinajstić information content (AvgIpc) is 3.08. The lowest BCUT2D eigenvalue weighted by Crippen LogP contribution is -2.29. The van der Waals surface area contributed by atoms with Gasteiger partial charge in [0.15, 0.2) is 0 Å². The maximum absolute atomic E-state index is 13.2. The Labute approximate surface area is 193 Å². The number of aromatic nitrogens is 1. The molecule has 6 nitrogen and oxygen atoms in total. The molecule has 4 rings (SSSR count). The van der Waals surface area contributed by atoms with Gasteiger partial charge in [0.25, 0.3) is 11.7 Å². The van der Waals surface area contributed by atoms with Crippen molar-refractivity contribution in [2.45, 2.75) is 26.8 Å². The summed E-state index contributed by atoms with van der Waals surface area (Å²) in [6.07, 6.45) is 3.06. The zero-order valence-corrected chi connectivity index (χ0v) is 18.9. The number of aryl methyl sites for hydroxylation is 1. The van der Waals surface area contributed by atoms with Crippen LogP contribution in [-0.2, 0) is 9.59 Å². The van der Waals surface area contributed by atoms with E-state index in [1.807, 2.05) is 49.4 Å². The van der Waals surface area contributed by atoms with Gasteiger partial charge in [-0.05, 0) is 60.4 Å². The van der Waals surface area contributed by atoms with Gasteiger partial charge in [-0.1, -0.05) is 38.1 Å². The molecule has 1 saturated heterocycles. The van der Waals surface area contributed by atoms with Crippen molar-refractivity contribution in [2.24, 2.45) is 5.92 Å². The smallest absolute Gasteiger partial charge is 0.300 e. The highest BCUT2D eigenvalue weighted by molar-refractivity contribution is 6.51. The second-order valence-electron chi connectivity index (χ2n) is 8.52. The highest BCUT2D eigenvalue weighted by Gasteiger charge is 2.47. The number of nitrogens with zero attached hydrogens (tertiary/aromatic N) is 2. The minimum atomic E-state index is -0.803. The Morgan fingerprint density at radius 3 is 2.48 bits per heavy atom. The van der Waals surface area contributed by atoms with Gasteiger partial charge < -0.3 is 9.84 Å². The van der Waals surface area contributed by atoms with Gasteiger partial charge in [0, 0.05) is 23.6 Å². The van der Waals surface area contributed by atoms with Gasteiger partial charge in [0.05, 0.1) is 18.2 Å². The van der Waals surface area contributed by atoms with E-state index < -0.39 is 17.7 Å². The maximum Gasteiger partial charge on any atom is 0.300 e. The number of aliphatic hydroxyl groups is 1. The lowest BCUT2D eigenvalue weighted by molar-refractivity contribution is -0.132. The van der Waals surface area contributed by atoms with Gasteiger partial charge >= 0.3 is 0 Å². The molecule has 1 amide bonds. The van der Waals surface area contributed by atoms with Crippen LogP contribution in [0.3, 0.4) is 0 Å². The number of aliphatic hydroxyl groups excluding tert-OH is 1. The number of benzene rings is 2. The van der Waals surface area contributed by atoms with E-state index in [0.717, 1.165) is 5.56 Å². The van der Waals surface area contributed by atoms with E-state index in [1.54, 1.807) is 18.2 Å². The van der Waals surface area contributed by atoms with Crippen LogP contribution < -0.4 is 9.64 Å². The van der Waals surface area contributed by atoms with E-state index in [9.17, 15) is 14.7 Å². The first-order valence-electron chi connectivity index (χ1n) is 10.9. The molecule has 33 heavy (non-hydrogen) atoms. The largest absolute Gasteiger partial charge is 0.507 e. The quantitative estimate of drug-likeness (QED) is 0.328. The molecular weight excluding hydrogens is 416 g/mol. The zero-order chi connectivity index (χ0) is 23.5.